The normalized spacial score (nSPS) is 14.1. The summed E-state index contributed by atoms with van der Waals surface area (Å²) < 4.78 is 0. The predicted molar refractivity (Wildman–Crippen MR) is 288 cm³/mol. The summed E-state index contributed by atoms with van der Waals surface area (Å²) in [5.74, 6) is -12.4. The molecule has 0 saturated heterocycles. The predicted octanol–water partition coefficient (Wildman–Crippen LogP) is -5.06. The summed E-state index contributed by atoms with van der Waals surface area (Å²) in [6.45, 7) is 2.50. The van der Waals surface area contributed by atoms with Crippen molar-refractivity contribution in [1.82, 2.24) is 67.5 Å². The molecule has 21 N–H and O–H groups in total. The van der Waals surface area contributed by atoms with Crippen LogP contribution in [-0.2, 0) is 72.0 Å². The molecule has 0 aliphatic heterocycles. The molecule has 9 amide bonds. The van der Waals surface area contributed by atoms with E-state index >= 15 is 0 Å². The van der Waals surface area contributed by atoms with Gasteiger partial charge in [0.15, 0.2) is 5.96 Å². The number of aliphatic carboxylic acids is 2. The van der Waals surface area contributed by atoms with Crippen LogP contribution in [0.2, 0.25) is 0 Å². The monoisotopic (exact) mass is 1140 g/mol. The second kappa shape index (κ2) is 31.4. The molecule has 80 heavy (non-hydrogen) atoms. The zero-order chi connectivity index (χ0) is 59.1. The number of thiol groups is 1. The van der Waals surface area contributed by atoms with Crippen molar-refractivity contribution >= 4 is 94.6 Å². The molecule has 3 heterocycles. The van der Waals surface area contributed by atoms with E-state index in [9.17, 15) is 63.0 Å². The van der Waals surface area contributed by atoms with E-state index in [1.165, 1.54) is 25.0 Å². The van der Waals surface area contributed by atoms with Crippen LogP contribution in [0.25, 0.3) is 10.9 Å². The molecular formula is C48H68N18O13S. The van der Waals surface area contributed by atoms with E-state index < -0.39 is 133 Å². The lowest BCUT2D eigenvalue weighted by atomic mass is 10.0. The molecule has 4 rings (SSSR count). The number of primary amides is 1. The molecule has 1 aromatic carbocycles. The summed E-state index contributed by atoms with van der Waals surface area (Å²) in [5.41, 5.74) is 23.9. The number of guanidine groups is 1. The Balaban J connectivity index is 1.58. The fraction of sp³-hybridized carbons (Fsp3) is 0.458. The van der Waals surface area contributed by atoms with E-state index in [-0.39, 0.29) is 62.7 Å². The molecular weight excluding hydrogens is 1070 g/mol. The van der Waals surface area contributed by atoms with Crippen molar-refractivity contribution in [2.45, 2.75) is 114 Å². The molecule has 0 unspecified atom stereocenters. The first-order valence-electron chi connectivity index (χ1n) is 25.0. The second-order valence-corrected chi connectivity index (χ2v) is 19.0. The summed E-state index contributed by atoms with van der Waals surface area (Å²) in [4.78, 5) is 166. The van der Waals surface area contributed by atoms with Crippen LogP contribution in [0.4, 0.5) is 0 Å². The molecule has 0 aliphatic carbocycles. The van der Waals surface area contributed by atoms with Crippen LogP contribution in [0.15, 0.2) is 60.5 Å². The Morgan fingerprint density at radius 1 is 0.637 bits per heavy atom. The number of H-pyrrole nitrogens is 3. The minimum atomic E-state index is -1.88. The lowest BCUT2D eigenvalue weighted by molar-refractivity contribution is -0.142. The summed E-state index contributed by atoms with van der Waals surface area (Å²) in [5, 5.41) is 39.6. The Hall–Kier alpha value is -9.07. The average molecular weight is 1140 g/mol. The van der Waals surface area contributed by atoms with Gasteiger partial charge in [0.05, 0.1) is 31.7 Å². The van der Waals surface area contributed by atoms with Gasteiger partial charge in [-0.15, -0.1) is 0 Å². The van der Waals surface area contributed by atoms with Gasteiger partial charge >= 0.3 is 11.9 Å². The number of aromatic amines is 3. The number of hydrogen-bond donors (Lipinski definition) is 18. The summed E-state index contributed by atoms with van der Waals surface area (Å²) in [7, 11) is 0. The second-order valence-electron chi connectivity index (χ2n) is 18.7. The van der Waals surface area contributed by atoms with E-state index in [2.05, 4.69) is 85.1 Å². The maximum atomic E-state index is 14.3. The van der Waals surface area contributed by atoms with Crippen molar-refractivity contribution in [2.24, 2.45) is 33.8 Å². The lowest BCUT2D eigenvalue weighted by Crippen LogP contribution is -2.59. The molecule has 0 spiro atoms. The molecule has 4 aromatic rings. The zero-order valence-corrected chi connectivity index (χ0v) is 44.5. The molecule has 0 aliphatic rings. The number of carbonyl (C=O) groups is 11. The van der Waals surface area contributed by atoms with Crippen LogP contribution in [-0.4, -0.2) is 173 Å². The Morgan fingerprint density at radius 2 is 1.15 bits per heavy atom. The Kier molecular flexibility index (Phi) is 24.9. The van der Waals surface area contributed by atoms with Gasteiger partial charge in [0.2, 0.25) is 53.2 Å². The van der Waals surface area contributed by atoms with Crippen LogP contribution in [0.5, 0.6) is 0 Å². The zero-order valence-electron chi connectivity index (χ0n) is 43.7. The molecule has 0 fully saturated rings. The fourth-order valence-corrected chi connectivity index (χ4v) is 7.99. The highest BCUT2D eigenvalue weighted by atomic mass is 32.1. The number of carboxylic acid groups (broad SMARTS) is 2. The van der Waals surface area contributed by atoms with Crippen molar-refractivity contribution in [3.05, 3.63) is 72.5 Å². The van der Waals surface area contributed by atoms with E-state index in [1.54, 1.807) is 44.3 Å². The number of imidazole rings is 2. The number of aromatic nitrogens is 5. The van der Waals surface area contributed by atoms with E-state index in [1.807, 2.05) is 0 Å². The highest BCUT2D eigenvalue weighted by Crippen LogP contribution is 2.20. The minimum Gasteiger partial charge on any atom is -0.481 e. The molecule has 0 radical (unpaired) electrons. The summed E-state index contributed by atoms with van der Waals surface area (Å²) in [6, 6.07) is -4.90. The molecule has 31 nitrogen and oxygen atoms in total. The number of fused-ring (bicyclic) bond motifs is 1. The van der Waals surface area contributed by atoms with Gasteiger partial charge in [0.1, 0.15) is 42.3 Å². The van der Waals surface area contributed by atoms with Gasteiger partial charge in [0, 0.05) is 78.9 Å². The number of amides is 9. The third kappa shape index (κ3) is 20.7. The van der Waals surface area contributed by atoms with Gasteiger partial charge in [-0.05, 0) is 36.8 Å². The van der Waals surface area contributed by atoms with E-state index in [0.29, 0.717) is 27.9 Å². The largest absolute Gasteiger partial charge is 0.481 e. The number of carboxylic acids is 2. The van der Waals surface area contributed by atoms with Crippen LogP contribution in [0.1, 0.15) is 62.9 Å². The fourth-order valence-electron chi connectivity index (χ4n) is 7.75. The van der Waals surface area contributed by atoms with E-state index in [0.717, 1.165) is 0 Å². The third-order valence-corrected chi connectivity index (χ3v) is 12.5. The van der Waals surface area contributed by atoms with Gasteiger partial charge in [-0.1, -0.05) is 32.0 Å². The van der Waals surface area contributed by atoms with E-state index in [4.69, 9.17) is 22.9 Å². The number of para-hydroxylation sites is 1. The van der Waals surface area contributed by atoms with Crippen LogP contribution < -0.4 is 65.5 Å². The lowest BCUT2D eigenvalue weighted by Gasteiger charge is -2.26. The van der Waals surface area contributed by atoms with Gasteiger partial charge < -0.3 is 90.6 Å². The molecule has 3 aromatic heterocycles. The van der Waals surface area contributed by atoms with Crippen LogP contribution in [0.3, 0.4) is 0 Å². The van der Waals surface area contributed by atoms with Gasteiger partial charge in [0.25, 0.3) is 0 Å². The van der Waals surface area contributed by atoms with Crippen LogP contribution in [0, 0.1) is 5.92 Å². The topological polar surface area (TPSA) is 514 Å². The Labute approximate surface area is 462 Å². The van der Waals surface area contributed by atoms with Crippen molar-refractivity contribution < 1.29 is 63.0 Å². The number of nitrogens with zero attached hydrogens (tertiary/aromatic N) is 3. The minimum absolute atomic E-state index is 0.0351. The van der Waals surface area contributed by atoms with Gasteiger partial charge in [-0.3, -0.25) is 52.9 Å². The SMILES string of the molecule is CC(C)[C@H](N)C(=O)N[C@@H](CCC(N)=O)C(=O)N[C@@H](CC(=O)O)C(=O)N[C@@H](Cc1c[nH]c2ccccc12)C(=O)NCC(=O)N[C@@H](Cc1cnc[nH]1)C(=O)N[C@@H](Cc1cnc[nH]1)C(=O)N[C@@H](CCCN=C(N)N)C(=O)N[C@@H](CS)C(=O)O. The number of carbonyl (C=O) groups excluding carboxylic acids is 9. The number of aliphatic imine (C=N–C) groups is 1. The smallest absolute Gasteiger partial charge is 0.327 e. The molecule has 32 heteroatoms. The number of nitrogens with one attached hydrogen (secondary N) is 11. The number of benzene rings is 1. The first-order chi connectivity index (χ1) is 37.9. The third-order valence-electron chi connectivity index (χ3n) is 12.1. The molecule has 8 atom stereocenters. The summed E-state index contributed by atoms with van der Waals surface area (Å²) in [6.07, 6.45) is 4.44. The number of hydrogen-bond acceptors (Lipinski definition) is 16. The Morgan fingerprint density at radius 3 is 1.69 bits per heavy atom. The maximum Gasteiger partial charge on any atom is 0.327 e. The standard InChI is InChI=1S/C48H68N18O13S/c1-23(2)39(50)46(77)62-30(9-10-36(49)67)42(73)65-34(15-38(69)70)45(76)63-31(12-24-16-56-28-7-4-3-6-27(24)28)40(71)57-19-37(68)60-32(13-25-17-53-21-58-25)43(74)64-33(14-26-18-54-22-59-26)44(75)61-29(8-5-11-55-48(51)52)41(72)66-35(20-80)47(78)79/h3-4,6-7,16-18,21-23,29-35,39,56,80H,5,8-15,19-20,50H2,1-2H3,(H2,49,67)(H,53,58)(H,54,59)(H,57,71)(H,60,68)(H,61,75)(H,62,77)(H,63,76)(H,64,74)(H,65,73)(H,66,72)(H,69,70)(H,78,79)(H4,51,52,55)/t29-,30-,31-,32-,33-,34-,35-,39-/m0/s1. The highest BCUT2D eigenvalue weighted by molar-refractivity contribution is 7.80. The van der Waals surface area contributed by atoms with Gasteiger partial charge in [-0.2, -0.15) is 12.6 Å². The molecule has 434 valence electrons. The first-order valence-corrected chi connectivity index (χ1v) is 25.6. The van der Waals surface area contributed by atoms with Crippen LogP contribution >= 0.6 is 12.6 Å². The van der Waals surface area contributed by atoms with Crippen molar-refractivity contribution in [3.63, 3.8) is 0 Å². The quantitative estimate of drug-likeness (QED) is 0.00901. The summed E-state index contributed by atoms with van der Waals surface area (Å²) >= 11 is 3.99. The highest BCUT2D eigenvalue weighted by Gasteiger charge is 2.35. The number of rotatable bonds is 34. The molecule has 0 saturated carbocycles. The average Bonchev–Trinajstić information content (AvgIpc) is 4.23. The number of nitrogens with two attached hydrogens (primary N) is 4. The molecule has 0 bridgehead atoms. The van der Waals surface area contributed by atoms with Crippen molar-refractivity contribution in [3.8, 4) is 0 Å². The van der Waals surface area contributed by atoms with Crippen molar-refractivity contribution in [1.29, 1.82) is 0 Å². The van der Waals surface area contributed by atoms with Crippen molar-refractivity contribution in [2.75, 3.05) is 18.8 Å². The first kappa shape index (κ1) is 63.5. The maximum absolute atomic E-state index is 14.3. The van der Waals surface area contributed by atoms with Gasteiger partial charge in [-0.25, -0.2) is 14.8 Å². The Bertz CT molecular complexity index is 2820.